The van der Waals surface area contributed by atoms with Crippen molar-refractivity contribution < 1.29 is 23.7 Å². The maximum Gasteiger partial charge on any atom is 0.226 e. The molecule has 9 nitrogen and oxygen atoms in total. The number of ether oxygens (including phenoxy) is 4. The maximum absolute atomic E-state index is 13.2. The molecular weight excluding hydrogens is 448 g/mol. The van der Waals surface area contributed by atoms with Crippen LogP contribution < -0.4 is 24.3 Å². The van der Waals surface area contributed by atoms with Crippen molar-refractivity contribution in [1.29, 1.82) is 0 Å². The number of para-hydroxylation sites is 1. The van der Waals surface area contributed by atoms with Gasteiger partial charge in [0.05, 0.1) is 27.9 Å². The fourth-order valence-corrected chi connectivity index (χ4v) is 4.77. The molecule has 0 bridgehead atoms. The van der Waals surface area contributed by atoms with Gasteiger partial charge in [0.2, 0.25) is 11.7 Å². The zero-order valence-corrected chi connectivity index (χ0v) is 20.3. The van der Waals surface area contributed by atoms with Gasteiger partial charge in [-0.25, -0.2) is 4.68 Å². The molecule has 0 saturated carbocycles. The molecule has 0 spiro atoms. The Morgan fingerprint density at radius 3 is 2.46 bits per heavy atom. The highest BCUT2D eigenvalue weighted by molar-refractivity contribution is 5.99. The van der Waals surface area contributed by atoms with Crippen LogP contribution >= 0.6 is 0 Å². The molecular formula is C26H28N4O5. The van der Waals surface area contributed by atoms with Crippen LogP contribution in [0.25, 0.3) is 11.4 Å². The van der Waals surface area contributed by atoms with Crippen molar-refractivity contribution in [2.75, 3.05) is 33.3 Å². The summed E-state index contributed by atoms with van der Waals surface area (Å²) in [7, 11) is 4.70. The summed E-state index contributed by atoms with van der Waals surface area (Å²) in [6.45, 7) is 2.46. The van der Waals surface area contributed by atoms with Gasteiger partial charge in [0.25, 0.3) is 0 Å². The zero-order chi connectivity index (χ0) is 24.5. The number of hydrogen-bond donors (Lipinski definition) is 1. The fraction of sp³-hybridized carbons (Fsp3) is 0.346. The van der Waals surface area contributed by atoms with Crippen molar-refractivity contribution in [2.24, 2.45) is 0 Å². The molecule has 9 heteroatoms. The van der Waals surface area contributed by atoms with Gasteiger partial charge in [-0.1, -0.05) is 18.2 Å². The molecule has 182 valence electrons. The molecule has 1 aliphatic heterocycles. The molecule has 1 atom stereocenters. The lowest BCUT2D eigenvalue weighted by atomic mass is 9.85. The SMILES string of the molecule is CCOc1ccccc1[C@@H]1C2=C(CCCC2=O)Nc2nc(-c3cc(OC)c(OC)c(OC)c3)nn21. The third-order valence-electron chi connectivity index (χ3n) is 6.30. The monoisotopic (exact) mass is 476 g/mol. The number of aromatic nitrogens is 3. The van der Waals surface area contributed by atoms with Crippen LogP contribution in [0.5, 0.6) is 23.0 Å². The topological polar surface area (TPSA) is 96.7 Å². The van der Waals surface area contributed by atoms with Crippen molar-refractivity contribution in [2.45, 2.75) is 32.2 Å². The average Bonchev–Trinajstić information content (AvgIpc) is 3.31. The number of benzene rings is 2. The van der Waals surface area contributed by atoms with E-state index in [1.165, 1.54) is 0 Å². The fourth-order valence-electron chi connectivity index (χ4n) is 4.77. The Morgan fingerprint density at radius 1 is 1.03 bits per heavy atom. The van der Waals surface area contributed by atoms with Crippen LogP contribution in [-0.4, -0.2) is 48.5 Å². The number of nitrogens with one attached hydrogen (secondary N) is 1. The highest BCUT2D eigenvalue weighted by atomic mass is 16.5. The summed E-state index contributed by atoms with van der Waals surface area (Å²) >= 11 is 0. The summed E-state index contributed by atoms with van der Waals surface area (Å²) in [5.41, 5.74) is 3.19. The van der Waals surface area contributed by atoms with Gasteiger partial charge in [0.15, 0.2) is 23.1 Å². The molecule has 1 aliphatic carbocycles. The predicted molar refractivity (Wildman–Crippen MR) is 130 cm³/mol. The van der Waals surface area contributed by atoms with Gasteiger partial charge >= 0.3 is 0 Å². The van der Waals surface area contributed by atoms with Crippen LogP contribution in [0.1, 0.15) is 37.8 Å². The lowest BCUT2D eigenvalue weighted by Gasteiger charge is -2.32. The van der Waals surface area contributed by atoms with Gasteiger partial charge < -0.3 is 24.3 Å². The van der Waals surface area contributed by atoms with Gasteiger partial charge in [-0.05, 0) is 38.0 Å². The van der Waals surface area contributed by atoms with E-state index in [0.717, 1.165) is 35.4 Å². The largest absolute Gasteiger partial charge is 0.494 e. The van der Waals surface area contributed by atoms with Gasteiger partial charge in [-0.15, -0.1) is 5.10 Å². The van der Waals surface area contributed by atoms with E-state index in [2.05, 4.69) is 5.32 Å². The molecule has 3 aromatic rings. The standard InChI is InChI=1S/C26H28N4O5/c1-5-35-19-12-7-6-9-16(19)23-22-17(10-8-11-18(22)31)27-26-28-25(29-30(23)26)15-13-20(32-2)24(34-4)21(14-15)33-3/h6-7,9,12-14,23H,5,8,10-11H2,1-4H3,(H,27,28,29)/t23-/m1/s1. The second kappa shape index (κ2) is 9.32. The minimum absolute atomic E-state index is 0.116. The molecule has 5 rings (SSSR count). The average molecular weight is 477 g/mol. The lowest BCUT2D eigenvalue weighted by Crippen LogP contribution is -2.31. The molecule has 2 heterocycles. The summed E-state index contributed by atoms with van der Waals surface area (Å²) < 4.78 is 24.2. The highest BCUT2D eigenvalue weighted by Crippen LogP contribution is 2.45. The number of hydrogen-bond acceptors (Lipinski definition) is 8. The Bertz CT molecular complexity index is 1290. The number of allylic oxidation sites excluding steroid dienone is 2. The normalized spacial score (nSPS) is 16.8. The van der Waals surface area contributed by atoms with Crippen LogP contribution in [0, 0.1) is 0 Å². The van der Waals surface area contributed by atoms with Crippen molar-refractivity contribution in [1.82, 2.24) is 14.8 Å². The van der Waals surface area contributed by atoms with Crippen molar-refractivity contribution in [3.05, 3.63) is 53.2 Å². The molecule has 2 aliphatic rings. The Morgan fingerprint density at radius 2 is 1.77 bits per heavy atom. The van der Waals surface area contributed by atoms with Crippen molar-refractivity contribution >= 4 is 11.7 Å². The van der Waals surface area contributed by atoms with Gasteiger partial charge in [0, 0.05) is 28.8 Å². The third-order valence-corrected chi connectivity index (χ3v) is 6.30. The number of fused-ring (bicyclic) bond motifs is 1. The van der Waals surface area contributed by atoms with Crippen molar-refractivity contribution in [3.63, 3.8) is 0 Å². The molecule has 2 aromatic carbocycles. The Kier molecular flexibility index (Phi) is 6.07. The van der Waals surface area contributed by atoms with E-state index in [0.29, 0.717) is 47.6 Å². The summed E-state index contributed by atoms with van der Waals surface area (Å²) in [5.74, 6) is 3.39. The van der Waals surface area contributed by atoms with Gasteiger partial charge in [-0.2, -0.15) is 4.98 Å². The summed E-state index contributed by atoms with van der Waals surface area (Å²) in [6, 6.07) is 11.0. The van der Waals surface area contributed by atoms with E-state index in [-0.39, 0.29) is 5.78 Å². The van der Waals surface area contributed by atoms with Gasteiger partial charge in [0.1, 0.15) is 11.8 Å². The predicted octanol–water partition coefficient (Wildman–Crippen LogP) is 4.39. The van der Waals surface area contributed by atoms with Crippen LogP contribution in [0.4, 0.5) is 5.95 Å². The number of carbonyl (C=O) groups excluding carboxylic acids is 1. The molecule has 35 heavy (non-hydrogen) atoms. The van der Waals surface area contributed by atoms with Crippen LogP contribution in [0.2, 0.25) is 0 Å². The molecule has 0 radical (unpaired) electrons. The van der Waals surface area contributed by atoms with E-state index in [4.69, 9.17) is 29.0 Å². The number of carbonyl (C=O) groups is 1. The first-order chi connectivity index (χ1) is 17.1. The first-order valence-electron chi connectivity index (χ1n) is 11.6. The molecule has 0 amide bonds. The van der Waals surface area contributed by atoms with Crippen LogP contribution in [0.15, 0.2) is 47.7 Å². The molecule has 1 aromatic heterocycles. The number of rotatable bonds is 7. The van der Waals surface area contributed by atoms with Crippen LogP contribution in [-0.2, 0) is 4.79 Å². The molecule has 0 saturated heterocycles. The first kappa shape index (κ1) is 22.8. The Hall–Kier alpha value is -4.01. The number of anilines is 1. The number of ketones is 1. The first-order valence-corrected chi connectivity index (χ1v) is 11.6. The second-order valence-corrected chi connectivity index (χ2v) is 8.28. The number of Topliss-reactive ketones (excluding diaryl/α,β-unsaturated/α-hetero) is 1. The molecule has 0 fully saturated rings. The third kappa shape index (κ3) is 3.86. The van der Waals surface area contributed by atoms with E-state index in [9.17, 15) is 4.79 Å². The second-order valence-electron chi connectivity index (χ2n) is 8.28. The number of methoxy groups -OCH3 is 3. The minimum atomic E-state index is -0.444. The summed E-state index contributed by atoms with van der Waals surface area (Å²) in [4.78, 5) is 18.0. The van der Waals surface area contributed by atoms with E-state index in [1.54, 1.807) is 26.0 Å². The quantitative estimate of drug-likeness (QED) is 0.536. The summed E-state index contributed by atoms with van der Waals surface area (Å²) in [5, 5.41) is 8.23. The summed E-state index contributed by atoms with van der Waals surface area (Å²) in [6.07, 6.45) is 2.09. The van der Waals surface area contributed by atoms with Crippen molar-refractivity contribution in [3.8, 4) is 34.4 Å². The van der Waals surface area contributed by atoms with E-state index < -0.39 is 6.04 Å². The van der Waals surface area contributed by atoms with Crippen LogP contribution in [0.3, 0.4) is 0 Å². The highest BCUT2D eigenvalue weighted by Gasteiger charge is 2.38. The number of nitrogens with zero attached hydrogens (tertiary/aromatic N) is 3. The van der Waals surface area contributed by atoms with Gasteiger partial charge in [-0.3, -0.25) is 4.79 Å². The molecule has 1 N–H and O–H groups in total. The smallest absolute Gasteiger partial charge is 0.226 e. The lowest BCUT2D eigenvalue weighted by molar-refractivity contribution is -0.116. The zero-order valence-electron chi connectivity index (χ0n) is 20.3. The Balaban J connectivity index is 1.68. The maximum atomic E-state index is 13.2. The molecule has 0 unspecified atom stereocenters. The Labute approximate surface area is 203 Å². The van der Waals surface area contributed by atoms with E-state index in [1.807, 2.05) is 43.3 Å². The van der Waals surface area contributed by atoms with E-state index >= 15 is 0 Å². The minimum Gasteiger partial charge on any atom is -0.494 e.